The van der Waals surface area contributed by atoms with Crippen molar-refractivity contribution in [2.75, 3.05) is 12.5 Å². The van der Waals surface area contributed by atoms with Gasteiger partial charge >= 0.3 is 11.4 Å². The van der Waals surface area contributed by atoms with Crippen molar-refractivity contribution in [2.24, 2.45) is 13.0 Å². The molecule has 3 aliphatic rings. The van der Waals surface area contributed by atoms with Crippen LogP contribution in [0.25, 0.3) is 0 Å². The molecule has 1 aliphatic carbocycles. The van der Waals surface area contributed by atoms with Crippen LogP contribution < -0.4 is 21.5 Å². The molecule has 0 spiro atoms. The fraction of sp³-hybridized carbons (Fsp3) is 0.294. The van der Waals surface area contributed by atoms with E-state index in [0.717, 1.165) is 15.1 Å². The van der Waals surface area contributed by atoms with E-state index in [2.05, 4.69) is 5.43 Å². The smallest absolute Gasteiger partial charge is 0.347 e. The summed E-state index contributed by atoms with van der Waals surface area (Å²) in [6.45, 7) is 3.65. The van der Waals surface area contributed by atoms with Crippen molar-refractivity contribution in [1.29, 1.82) is 0 Å². The Bertz CT molecular complexity index is 2130. The first-order chi connectivity index (χ1) is 22.4. The van der Waals surface area contributed by atoms with Gasteiger partial charge in [-0.1, -0.05) is 53.5 Å². The lowest BCUT2D eigenvalue weighted by Crippen LogP contribution is -2.53. The number of hydrazine groups is 1. The number of halogens is 2. The minimum Gasteiger partial charge on any atom is -0.507 e. The first-order valence-corrected chi connectivity index (χ1v) is 15.8. The van der Waals surface area contributed by atoms with Gasteiger partial charge in [0.1, 0.15) is 11.5 Å². The summed E-state index contributed by atoms with van der Waals surface area (Å²) in [5.74, 6) is -2.11. The first-order valence-electron chi connectivity index (χ1n) is 15.0. The lowest BCUT2D eigenvalue weighted by atomic mass is 9.53. The number of aromatic hydroxyl groups is 1. The van der Waals surface area contributed by atoms with E-state index in [0.29, 0.717) is 38.7 Å². The Morgan fingerprint density at radius 1 is 0.957 bits per heavy atom. The number of anilines is 1. The molecule has 1 aromatic heterocycles. The number of phenolic OH excluding ortho intramolecular Hbond substituents is 1. The molecule has 0 radical (unpaired) electrons. The molecular weight excluding hydrogens is 645 g/mol. The Kier molecular flexibility index (Phi) is 7.18. The number of amides is 2. The number of rotatable bonds is 5. The summed E-state index contributed by atoms with van der Waals surface area (Å²) in [6.07, 6.45) is 1.95. The molecule has 0 bridgehead atoms. The monoisotopic (exact) mass is 675 g/mol. The predicted molar refractivity (Wildman–Crippen MR) is 176 cm³/mol. The molecule has 7 rings (SSSR count). The number of fused-ring (bicyclic) bond motifs is 4. The van der Waals surface area contributed by atoms with Crippen molar-refractivity contribution >= 4 is 40.7 Å². The molecule has 47 heavy (non-hydrogen) atoms. The summed E-state index contributed by atoms with van der Waals surface area (Å²) < 4.78 is 9.25. The maximum atomic E-state index is 15.2. The third-order valence-corrected chi connectivity index (χ3v) is 10.4. The largest absolute Gasteiger partial charge is 0.507 e. The highest BCUT2D eigenvalue weighted by Crippen LogP contribution is 2.62. The van der Waals surface area contributed by atoms with Gasteiger partial charge in [-0.15, -0.1) is 0 Å². The topological polar surface area (TPSA) is 128 Å². The summed E-state index contributed by atoms with van der Waals surface area (Å²) in [6, 6.07) is 14.7. The van der Waals surface area contributed by atoms with E-state index in [1.807, 2.05) is 18.2 Å². The standard InChI is InChI=1S/C34H31Cl2N5O6/c1-17-13-19(14-18(2)29(17)42)28-23-11-12-39-32(45)38(3)33(46)41(39)27(23)16-24-30(43)40(37-26-10-7-21(35)15-25(26)36)31(44)34(24,28)20-5-8-22(47-4)9-6-20/h5-11,13-15,24,27-28,37,42H,12,16H2,1-4H3. The summed E-state index contributed by atoms with van der Waals surface area (Å²) in [4.78, 5) is 56.5. The van der Waals surface area contributed by atoms with Crippen molar-refractivity contribution in [3.8, 4) is 11.5 Å². The van der Waals surface area contributed by atoms with Crippen LogP contribution in [0.1, 0.15) is 40.6 Å². The minimum atomic E-state index is -1.51. The zero-order valence-electron chi connectivity index (χ0n) is 26.0. The molecule has 4 atom stereocenters. The van der Waals surface area contributed by atoms with Crippen LogP contribution in [0.15, 0.2) is 75.8 Å². The molecule has 2 fully saturated rings. The number of aryl methyl sites for hydroxylation is 2. The molecule has 3 aromatic carbocycles. The third kappa shape index (κ3) is 4.33. The van der Waals surface area contributed by atoms with Crippen molar-refractivity contribution in [3.63, 3.8) is 0 Å². The van der Waals surface area contributed by atoms with Crippen LogP contribution >= 0.6 is 23.2 Å². The number of benzene rings is 3. The summed E-state index contributed by atoms with van der Waals surface area (Å²) in [5.41, 5.74) is 3.94. The molecular formula is C34H31Cl2N5O6. The lowest BCUT2D eigenvalue weighted by Gasteiger charge is -2.49. The number of hydrogen-bond acceptors (Lipinski definition) is 7. The number of aromatic nitrogens is 3. The fourth-order valence-corrected chi connectivity index (χ4v) is 8.20. The molecule has 2 N–H and O–H groups in total. The zero-order valence-corrected chi connectivity index (χ0v) is 27.5. The van der Waals surface area contributed by atoms with Gasteiger partial charge in [-0.3, -0.25) is 15.0 Å². The summed E-state index contributed by atoms with van der Waals surface area (Å²) in [7, 11) is 2.96. The van der Waals surface area contributed by atoms with Crippen LogP contribution in [-0.2, 0) is 28.6 Å². The number of carbonyl (C=O) groups excluding carboxylic acids is 2. The number of ether oxygens (including phenoxy) is 1. The SMILES string of the molecule is COc1ccc(C23C(=O)N(Nc4ccc(Cl)cc4Cl)C(=O)C2CC2C(=CCn4c(=O)n(C)c(=O)n42)C3c2cc(C)c(O)c(C)c2)cc1. The van der Waals surface area contributed by atoms with Gasteiger partial charge in [0.15, 0.2) is 0 Å². The molecule has 3 heterocycles. The second kappa shape index (κ2) is 10.9. The Morgan fingerprint density at radius 2 is 1.64 bits per heavy atom. The van der Waals surface area contributed by atoms with Gasteiger partial charge < -0.3 is 9.84 Å². The van der Waals surface area contributed by atoms with E-state index in [1.165, 1.54) is 22.5 Å². The van der Waals surface area contributed by atoms with Crippen LogP contribution in [0.2, 0.25) is 10.0 Å². The Balaban J connectivity index is 1.52. The van der Waals surface area contributed by atoms with E-state index >= 15 is 4.79 Å². The number of hydrogen-bond donors (Lipinski definition) is 2. The molecule has 2 amide bonds. The number of nitrogens with zero attached hydrogens (tertiary/aromatic N) is 4. The van der Waals surface area contributed by atoms with Gasteiger partial charge in [-0.05, 0) is 78.4 Å². The normalized spacial score (nSPS) is 23.2. The van der Waals surface area contributed by atoms with Gasteiger partial charge in [0.05, 0.1) is 41.7 Å². The number of imide groups is 1. The molecule has 11 nitrogen and oxygen atoms in total. The molecule has 2 aliphatic heterocycles. The predicted octanol–water partition coefficient (Wildman–Crippen LogP) is 4.61. The third-order valence-electron chi connectivity index (χ3n) is 9.88. The van der Waals surface area contributed by atoms with Gasteiger partial charge in [-0.2, -0.15) is 5.01 Å². The maximum absolute atomic E-state index is 15.2. The van der Waals surface area contributed by atoms with Crippen LogP contribution in [-0.4, -0.2) is 43.0 Å². The molecule has 242 valence electrons. The van der Waals surface area contributed by atoms with Gasteiger partial charge in [0.25, 0.3) is 11.8 Å². The highest BCUT2D eigenvalue weighted by molar-refractivity contribution is 6.36. The Labute approximate surface area is 279 Å². The maximum Gasteiger partial charge on any atom is 0.347 e. The van der Waals surface area contributed by atoms with Crippen molar-refractivity contribution in [1.82, 2.24) is 18.9 Å². The fourth-order valence-electron chi connectivity index (χ4n) is 7.75. The van der Waals surface area contributed by atoms with Crippen LogP contribution in [0.4, 0.5) is 5.69 Å². The number of methoxy groups -OCH3 is 1. The second-order valence-corrected chi connectivity index (χ2v) is 13.2. The summed E-state index contributed by atoms with van der Waals surface area (Å²) in [5, 5.41) is 12.4. The van der Waals surface area contributed by atoms with Gasteiger partial charge in [0, 0.05) is 18.0 Å². The minimum absolute atomic E-state index is 0.0604. The molecule has 4 aromatic rings. The number of allylic oxidation sites excluding steroid dienone is 2. The van der Waals surface area contributed by atoms with E-state index in [-0.39, 0.29) is 23.7 Å². The van der Waals surface area contributed by atoms with E-state index < -0.39 is 46.5 Å². The van der Waals surface area contributed by atoms with E-state index in [9.17, 15) is 19.5 Å². The van der Waals surface area contributed by atoms with Crippen molar-refractivity contribution < 1.29 is 19.4 Å². The number of nitrogens with one attached hydrogen (secondary N) is 1. The van der Waals surface area contributed by atoms with Crippen LogP contribution in [0.3, 0.4) is 0 Å². The second-order valence-electron chi connectivity index (χ2n) is 12.3. The first kappa shape index (κ1) is 30.9. The van der Waals surface area contributed by atoms with Crippen molar-refractivity contribution in [2.45, 2.75) is 44.2 Å². The van der Waals surface area contributed by atoms with Crippen LogP contribution in [0, 0.1) is 19.8 Å². The lowest BCUT2D eigenvalue weighted by molar-refractivity contribution is -0.138. The van der Waals surface area contributed by atoms with Gasteiger partial charge in [-0.25, -0.2) is 23.5 Å². The van der Waals surface area contributed by atoms with E-state index in [4.69, 9.17) is 27.9 Å². The van der Waals surface area contributed by atoms with Crippen molar-refractivity contribution in [3.05, 3.63) is 120 Å². The molecule has 1 saturated carbocycles. The Morgan fingerprint density at radius 3 is 2.28 bits per heavy atom. The molecule has 4 unspecified atom stereocenters. The Hall–Kier alpha value is -4.74. The highest BCUT2D eigenvalue weighted by atomic mass is 35.5. The van der Waals surface area contributed by atoms with Crippen LogP contribution in [0.5, 0.6) is 11.5 Å². The van der Waals surface area contributed by atoms with E-state index in [1.54, 1.807) is 57.4 Å². The number of carbonyl (C=O) groups is 2. The highest BCUT2D eigenvalue weighted by Gasteiger charge is 2.68. The molecule has 1 saturated heterocycles. The average molecular weight is 677 g/mol. The quantitative estimate of drug-likeness (QED) is 0.234. The number of phenols is 1. The zero-order chi connectivity index (χ0) is 33.5. The average Bonchev–Trinajstić information content (AvgIpc) is 3.41. The summed E-state index contributed by atoms with van der Waals surface area (Å²) >= 11 is 12.6. The van der Waals surface area contributed by atoms with Gasteiger partial charge in [0.2, 0.25) is 0 Å². The molecule has 13 heteroatoms.